The Morgan fingerprint density at radius 2 is 2.06 bits per heavy atom. The van der Waals surface area contributed by atoms with Crippen LogP contribution in [-0.4, -0.2) is 17.4 Å². The third-order valence-corrected chi connectivity index (χ3v) is 3.97. The first-order valence-electron chi connectivity index (χ1n) is 5.74. The van der Waals surface area contributed by atoms with Crippen LogP contribution in [0.5, 0.6) is 0 Å². The van der Waals surface area contributed by atoms with E-state index in [1.54, 1.807) is 11.3 Å². The molecule has 17 heavy (non-hydrogen) atoms. The Bertz CT molecular complexity index is 533. The average Bonchev–Trinajstić information content (AvgIpc) is 2.86. The fourth-order valence-corrected chi connectivity index (χ4v) is 2.94. The standard InChI is InChI=1S/C14H13NOS/c16-14-13-6-2-1-4-11(13)7-8-15(14)10-12-5-3-9-17-12/h1-6,9H,7-8,10H2. The van der Waals surface area contributed by atoms with Gasteiger partial charge >= 0.3 is 0 Å². The summed E-state index contributed by atoms with van der Waals surface area (Å²) in [7, 11) is 0. The lowest BCUT2D eigenvalue weighted by Gasteiger charge is -2.28. The van der Waals surface area contributed by atoms with Crippen molar-refractivity contribution in [2.45, 2.75) is 13.0 Å². The van der Waals surface area contributed by atoms with Crippen molar-refractivity contribution in [3.63, 3.8) is 0 Å². The third kappa shape index (κ3) is 1.98. The first kappa shape index (κ1) is 10.5. The number of hydrogen-bond acceptors (Lipinski definition) is 2. The summed E-state index contributed by atoms with van der Waals surface area (Å²) in [6.07, 6.45) is 0.966. The Labute approximate surface area is 105 Å². The second-order valence-corrected chi connectivity index (χ2v) is 5.25. The molecule has 1 aliphatic rings. The zero-order valence-electron chi connectivity index (χ0n) is 9.43. The lowest BCUT2D eigenvalue weighted by atomic mass is 9.99. The molecule has 0 radical (unpaired) electrons. The fraction of sp³-hybridized carbons (Fsp3) is 0.214. The topological polar surface area (TPSA) is 20.3 Å². The summed E-state index contributed by atoms with van der Waals surface area (Å²) in [4.78, 5) is 15.5. The zero-order chi connectivity index (χ0) is 11.7. The fourth-order valence-electron chi connectivity index (χ4n) is 2.22. The molecule has 86 valence electrons. The van der Waals surface area contributed by atoms with Crippen molar-refractivity contribution in [1.29, 1.82) is 0 Å². The highest BCUT2D eigenvalue weighted by atomic mass is 32.1. The van der Waals surface area contributed by atoms with E-state index in [1.807, 2.05) is 29.2 Å². The number of carbonyl (C=O) groups excluding carboxylic acids is 1. The molecule has 0 bridgehead atoms. The number of rotatable bonds is 2. The molecule has 0 spiro atoms. The molecular formula is C14H13NOS. The Balaban J connectivity index is 1.84. The molecule has 1 amide bonds. The van der Waals surface area contributed by atoms with E-state index >= 15 is 0 Å². The smallest absolute Gasteiger partial charge is 0.254 e. The maximum absolute atomic E-state index is 12.3. The second kappa shape index (κ2) is 4.34. The lowest BCUT2D eigenvalue weighted by Crippen LogP contribution is -2.36. The van der Waals surface area contributed by atoms with E-state index in [0.717, 1.165) is 25.1 Å². The molecule has 0 fully saturated rings. The molecule has 0 atom stereocenters. The Hall–Kier alpha value is -1.61. The molecule has 3 heteroatoms. The molecule has 1 aromatic carbocycles. The number of carbonyl (C=O) groups is 1. The predicted molar refractivity (Wildman–Crippen MR) is 69.2 cm³/mol. The SMILES string of the molecule is O=C1c2ccccc2CCN1Cc1cccs1. The summed E-state index contributed by atoms with van der Waals surface area (Å²) in [6, 6.07) is 12.0. The van der Waals surface area contributed by atoms with Gasteiger partial charge in [-0.1, -0.05) is 24.3 Å². The van der Waals surface area contributed by atoms with Crippen molar-refractivity contribution in [2.75, 3.05) is 6.54 Å². The van der Waals surface area contributed by atoms with Crippen molar-refractivity contribution < 1.29 is 4.79 Å². The van der Waals surface area contributed by atoms with E-state index in [4.69, 9.17) is 0 Å². The predicted octanol–water partition coefficient (Wildman–Crippen LogP) is 2.95. The second-order valence-electron chi connectivity index (χ2n) is 4.21. The van der Waals surface area contributed by atoms with Crippen molar-refractivity contribution in [2.24, 2.45) is 0 Å². The number of nitrogens with zero attached hydrogens (tertiary/aromatic N) is 1. The average molecular weight is 243 g/mol. The van der Waals surface area contributed by atoms with Gasteiger partial charge in [-0.15, -0.1) is 11.3 Å². The maximum atomic E-state index is 12.3. The summed E-state index contributed by atoms with van der Waals surface area (Å²) in [6.45, 7) is 1.57. The molecule has 0 saturated carbocycles. The number of fused-ring (bicyclic) bond motifs is 1. The van der Waals surface area contributed by atoms with E-state index in [1.165, 1.54) is 10.4 Å². The number of amides is 1. The van der Waals surface area contributed by atoms with Crippen LogP contribution in [0.25, 0.3) is 0 Å². The quantitative estimate of drug-likeness (QED) is 0.794. The van der Waals surface area contributed by atoms with Gasteiger partial charge in [0.05, 0.1) is 6.54 Å². The van der Waals surface area contributed by atoms with Gasteiger partial charge in [-0.3, -0.25) is 4.79 Å². The minimum atomic E-state index is 0.167. The largest absolute Gasteiger partial charge is 0.333 e. The molecule has 2 nitrogen and oxygen atoms in total. The van der Waals surface area contributed by atoms with Gasteiger partial charge in [-0.25, -0.2) is 0 Å². The zero-order valence-corrected chi connectivity index (χ0v) is 10.2. The normalized spacial score (nSPS) is 14.8. The first-order chi connectivity index (χ1) is 8.34. The van der Waals surface area contributed by atoms with Crippen molar-refractivity contribution in [3.05, 3.63) is 57.8 Å². The van der Waals surface area contributed by atoms with Crippen molar-refractivity contribution in [1.82, 2.24) is 4.90 Å². The molecule has 0 N–H and O–H groups in total. The molecule has 3 rings (SSSR count). The monoisotopic (exact) mass is 243 g/mol. The van der Waals surface area contributed by atoms with Crippen LogP contribution in [0.3, 0.4) is 0 Å². The molecule has 0 unspecified atom stereocenters. The molecule has 1 aliphatic heterocycles. The van der Waals surface area contributed by atoms with Crippen LogP contribution in [-0.2, 0) is 13.0 Å². The van der Waals surface area contributed by atoms with Crippen LogP contribution in [0.1, 0.15) is 20.8 Å². The highest BCUT2D eigenvalue weighted by molar-refractivity contribution is 7.09. The van der Waals surface area contributed by atoms with E-state index in [-0.39, 0.29) is 5.91 Å². The van der Waals surface area contributed by atoms with E-state index in [0.29, 0.717) is 0 Å². The van der Waals surface area contributed by atoms with Crippen LogP contribution in [0.4, 0.5) is 0 Å². The summed E-state index contributed by atoms with van der Waals surface area (Å²) >= 11 is 1.71. The van der Waals surface area contributed by atoms with Crippen LogP contribution in [0.2, 0.25) is 0 Å². The highest BCUT2D eigenvalue weighted by Crippen LogP contribution is 2.21. The van der Waals surface area contributed by atoms with Crippen LogP contribution < -0.4 is 0 Å². The van der Waals surface area contributed by atoms with Gasteiger partial charge in [-0.05, 0) is 29.5 Å². The van der Waals surface area contributed by atoms with Gasteiger partial charge in [-0.2, -0.15) is 0 Å². The molecule has 1 aromatic heterocycles. The molecule has 2 aromatic rings. The molecule has 2 heterocycles. The van der Waals surface area contributed by atoms with E-state index in [9.17, 15) is 4.79 Å². The molecule has 0 saturated heterocycles. The van der Waals surface area contributed by atoms with E-state index < -0.39 is 0 Å². The lowest BCUT2D eigenvalue weighted by molar-refractivity contribution is 0.0729. The van der Waals surface area contributed by atoms with Crippen LogP contribution in [0.15, 0.2) is 41.8 Å². The molecular weight excluding hydrogens is 230 g/mol. The van der Waals surface area contributed by atoms with Gasteiger partial charge in [0.1, 0.15) is 0 Å². The Kier molecular flexibility index (Phi) is 2.69. The van der Waals surface area contributed by atoms with Gasteiger partial charge in [0.2, 0.25) is 0 Å². The highest BCUT2D eigenvalue weighted by Gasteiger charge is 2.23. The van der Waals surface area contributed by atoms with Gasteiger partial charge in [0.25, 0.3) is 5.91 Å². The number of hydrogen-bond donors (Lipinski definition) is 0. The van der Waals surface area contributed by atoms with Gasteiger partial charge in [0.15, 0.2) is 0 Å². The third-order valence-electron chi connectivity index (χ3n) is 3.11. The van der Waals surface area contributed by atoms with Crippen LogP contribution in [0, 0.1) is 0 Å². The summed E-state index contributed by atoms with van der Waals surface area (Å²) in [5.41, 5.74) is 2.05. The molecule has 0 aliphatic carbocycles. The van der Waals surface area contributed by atoms with Crippen molar-refractivity contribution in [3.8, 4) is 0 Å². The van der Waals surface area contributed by atoms with Crippen LogP contribution >= 0.6 is 11.3 Å². The van der Waals surface area contributed by atoms with Crippen molar-refractivity contribution >= 4 is 17.2 Å². The summed E-state index contributed by atoms with van der Waals surface area (Å²) in [5, 5.41) is 2.05. The minimum Gasteiger partial charge on any atom is -0.333 e. The van der Waals surface area contributed by atoms with E-state index in [2.05, 4.69) is 17.5 Å². The summed E-state index contributed by atoms with van der Waals surface area (Å²) in [5.74, 6) is 0.167. The maximum Gasteiger partial charge on any atom is 0.254 e. The number of benzene rings is 1. The minimum absolute atomic E-state index is 0.167. The first-order valence-corrected chi connectivity index (χ1v) is 6.62. The number of thiophene rings is 1. The Morgan fingerprint density at radius 3 is 2.88 bits per heavy atom. The van der Waals surface area contributed by atoms with Gasteiger partial charge < -0.3 is 4.90 Å². The Morgan fingerprint density at radius 1 is 1.18 bits per heavy atom. The van der Waals surface area contributed by atoms with Gasteiger partial charge in [0, 0.05) is 17.0 Å². The summed E-state index contributed by atoms with van der Waals surface area (Å²) < 4.78 is 0.